The molecule has 16 heavy (non-hydrogen) atoms. The lowest BCUT2D eigenvalue weighted by atomic mass is 10.0. The molecule has 0 radical (unpaired) electrons. The number of aromatic nitrogens is 1. The zero-order chi connectivity index (χ0) is 11.7. The van der Waals surface area contributed by atoms with Gasteiger partial charge >= 0.3 is 0 Å². The van der Waals surface area contributed by atoms with E-state index in [9.17, 15) is 0 Å². The van der Waals surface area contributed by atoms with Gasteiger partial charge in [-0.25, -0.2) is 4.98 Å². The lowest BCUT2D eigenvalue weighted by Crippen LogP contribution is -2.28. The Labute approximate surface area is 108 Å². The Hall–Kier alpha value is -0.450. The van der Waals surface area contributed by atoms with E-state index in [1.54, 1.807) is 11.3 Å². The molecule has 0 saturated carbocycles. The summed E-state index contributed by atoms with van der Waals surface area (Å²) < 4.78 is 2.30. The van der Waals surface area contributed by atoms with Crippen LogP contribution in [-0.2, 0) is 6.42 Å². The molecule has 1 heterocycles. The van der Waals surface area contributed by atoms with Gasteiger partial charge in [0.15, 0.2) is 0 Å². The van der Waals surface area contributed by atoms with Crippen LogP contribution < -0.4 is 5.73 Å². The van der Waals surface area contributed by atoms with E-state index in [1.165, 1.54) is 4.70 Å². The van der Waals surface area contributed by atoms with E-state index in [0.717, 1.165) is 21.4 Å². The highest BCUT2D eigenvalue weighted by atomic mass is 79.9. The number of rotatable bonds is 3. The normalized spacial score (nSPS) is 13.6. The molecule has 4 heteroatoms. The zero-order valence-electron chi connectivity index (χ0n) is 9.40. The van der Waals surface area contributed by atoms with E-state index in [-0.39, 0.29) is 6.04 Å². The topological polar surface area (TPSA) is 38.9 Å². The van der Waals surface area contributed by atoms with E-state index in [0.29, 0.717) is 5.92 Å². The molecule has 86 valence electrons. The number of thiazole rings is 1. The van der Waals surface area contributed by atoms with E-state index in [4.69, 9.17) is 5.73 Å². The fourth-order valence-corrected chi connectivity index (χ4v) is 2.84. The number of benzene rings is 1. The SMILES string of the molecule is CC(C)C(N)Cc1nc2cc(Br)ccc2s1. The smallest absolute Gasteiger partial charge is 0.0954 e. The van der Waals surface area contributed by atoms with Crippen molar-refractivity contribution in [2.75, 3.05) is 0 Å². The molecule has 0 fully saturated rings. The lowest BCUT2D eigenvalue weighted by molar-refractivity contribution is 0.490. The number of hydrogen-bond donors (Lipinski definition) is 1. The molecule has 2 nitrogen and oxygen atoms in total. The molecule has 0 spiro atoms. The molecule has 0 aliphatic carbocycles. The van der Waals surface area contributed by atoms with Crippen LogP contribution in [0.3, 0.4) is 0 Å². The molecule has 0 amide bonds. The molecule has 2 rings (SSSR count). The minimum absolute atomic E-state index is 0.198. The van der Waals surface area contributed by atoms with Crippen LogP contribution in [0.5, 0.6) is 0 Å². The third-order valence-electron chi connectivity index (χ3n) is 2.66. The van der Waals surface area contributed by atoms with Gasteiger partial charge in [-0.05, 0) is 24.1 Å². The molecule has 1 aromatic carbocycles. The van der Waals surface area contributed by atoms with Gasteiger partial charge in [0, 0.05) is 16.9 Å². The van der Waals surface area contributed by atoms with Crippen LogP contribution in [0.1, 0.15) is 18.9 Å². The van der Waals surface area contributed by atoms with E-state index >= 15 is 0 Å². The van der Waals surface area contributed by atoms with E-state index < -0.39 is 0 Å². The summed E-state index contributed by atoms with van der Waals surface area (Å²) in [4.78, 5) is 4.60. The molecular formula is C12H15BrN2S. The quantitative estimate of drug-likeness (QED) is 0.940. The highest BCUT2D eigenvalue weighted by Gasteiger charge is 2.12. The number of nitrogens with two attached hydrogens (primary N) is 1. The predicted molar refractivity (Wildman–Crippen MR) is 73.8 cm³/mol. The van der Waals surface area contributed by atoms with Crippen LogP contribution >= 0.6 is 27.3 Å². The fraction of sp³-hybridized carbons (Fsp3) is 0.417. The predicted octanol–water partition coefficient (Wildman–Crippen LogP) is 3.58. The maximum Gasteiger partial charge on any atom is 0.0954 e. The summed E-state index contributed by atoms with van der Waals surface area (Å²) in [5.41, 5.74) is 7.12. The summed E-state index contributed by atoms with van der Waals surface area (Å²) in [5, 5.41) is 1.13. The highest BCUT2D eigenvalue weighted by molar-refractivity contribution is 9.10. The van der Waals surface area contributed by atoms with Crippen LogP contribution in [0, 0.1) is 5.92 Å². The fourth-order valence-electron chi connectivity index (χ4n) is 1.47. The highest BCUT2D eigenvalue weighted by Crippen LogP contribution is 2.26. The summed E-state index contributed by atoms with van der Waals surface area (Å²) in [6.07, 6.45) is 0.870. The van der Waals surface area contributed by atoms with Gasteiger partial charge in [0.25, 0.3) is 0 Å². The van der Waals surface area contributed by atoms with Crippen molar-refractivity contribution in [3.63, 3.8) is 0 Å². The van der Waals surface area contributed by atoms with Crippen LogP contribution in [0.25, 0.3) is 10.2 Å². The average molecular weight is 299 g/mol. The Balaban J connectivity index is 2.26. The monoisotopic (exact) mass is 298 g/mol. The van der Waals surface area contributed by atoms with E-state index in [1.807, 2.05) is 6.07 Å². The second-order valence-electron chi connectivity index (χ2n) is 4.33. The second kappa shape index (κ2) is 4.82. The third-order valence-corrected chi connectivity index (χ3v) is 4.21. The average Bonchev–Trinajstić information content (AvgIpc) is 2.58. The van der Waals surface area contributed by atoms with Crippen LogP contribution in [0.4, 0.5) is 0 Å². The molecule has 2 aromatic rings. The molecule has 0 saturated heterocycles. The van der Waals surface area contributed by atoms with Gasteiger partial charge in [-0.15, -0.1) is 11.3 Å². The van der Waals surface area contributed by atoms with Crippen molar-refractivity contribution in [2.45, 2.75) is 26.3 Å². The summed E-state index contributed by atoms with van der Waals surface area (Å²) in [5.74, 6) is 0.499. The maximum absolute atomic E-state index is 6.06. The summed E-state index contributed by atoms with van der Waals surface area (Å²) in [7, 11) is 0. The number of nitrogens with zero attached hydrogens (tertiary/aromatic N) is 1. The Kier molecular flexibility index (Phi) is 3.62. The number of fused-ring (bicyclic) bond motifs is 1. The van der Waals surface area contributed by atoms with Crippen molar-refractivity contribution < 1.29 is 0 Å². The Morgan fingerprint density at radius 3 is 2.88 bits per heavy atom. The standard InChI is InChI=1S/C12H15BrN2S/c1-7(2)9(14)6-12-15-10-5-8(13)3-4-11(10)16-12/h3-5,7,9H,6,14H2,1-2H3. The van der Waals surface area contributed by atoms with Crippen molar-refractivity contribution in [3.05, 3.63) is 27.7 Å². The van der Waals surface area contributed by atoms with Crippen molar-refractivity contribution >= 4 is 37.5 Å². The Morgan fingerprint density at radius 2 is 2.19 bits per heavy atom. The van der Waals surface area contributed by atoms with E-state index in [2.05, 4.69) is 46.9 Å². The van der Waals surface area contributed by atoms with Crippen molar-refractivity contribution in [1.29, 1.82) is 0 Å². The molecule has 2 N–H and O–H groups in total. The van der Waals surface area contributed by atoms with Gasteiger partial charge in [0.2, 0.25) is 0 Å². The van der Waals surface area contributed by atoms with Gasteiger partial charge in [-0.3, -0.25) is 0 Å². The van der Waals surface area contributed by atoms with Crippen molar-refractivity contribution in [2.24, 2.45) is 11.7 Å². The number of halogens is 1. The third kappa shape index (κ3) is 2.62. The summed E-state index contributed by atoms with van der Waals surface area (Å²) >= 11 is 5.20. The molecule has 0 aliphatic heterocycles. The van der Waals surface area contributed by atoms with Gasteiger partial charge in [-0.2, -0.15) is 0 Å². The van der Waals surface area contributed by atoms with Gasteiger partial charge in [-0.1, -0.05) is 29.8 Å². The lowest BCUT2D eigenvalue weighted by Gasteiger charge is -2.12. The van der Waals surface area contributed by atoms with Gasteiger partial charge in [0.05, 0.1) is 15.2 Å². The Bertz CT molecular complexity index is 493. The second-order valence-corrected chi connectivity index (χ2v) is 6.36. The van der Waals surface area contributed by atoms with Crippen molar-refractivity contribution in [3.8, 4) is 0 Å². The first-order chi connectivity index (χ1) is 7.56. The van der Waals surface area contributed by atoms with Crippen LogP contribution in [-0.4, -0.2) is 11.0 Å². The minimum atomic E-state index is 0.198. The largest absolute Gasteiger partial charge is 0.327 e. The van der Waals surface area contributed by atoms with Crippen LogP contribution in [0.15, 0.2) is 22.7 Å². The van der Waals surface area contributed by atoms with Crippen molar-refractivity contribution in [1.82, 2.24) is 4.98 Å². The first kappa shape index (κ1) is 12.0. The Morgan fingerprint density at radius 1 is 1.44 bits per heavy atom. The summed E-state index contributed by atoms with van der Waals surface area (Å²) in [6.45, 7) is 4.29. The summed E-state index contributed by atoms with van der Waals surface area (Å²) in [6, 6.07) is 6.40. The molecule has 1 atom stereocenters. The van der Waals surface area contributed by atoms with Crippen LogP contribution in [0.2, 0.25) is 0 Å². The molecular weight excluding hydrogens is 284 g/mol. The molecule has 0 aliphatic rings. The van der Waals surface area contributed by atoms with Gasteiger partial charge in [0.1, 0.15) is 0 Å². The molecule has 0 bridgehead atoms. The maximum atomic E-state index is 6.06. The molecule has 1 aromatic heterocycles. The number of hydrogen-bond acceptors (Lipinski definition) is 3. The first-order valence-corrected chi connectivity index (χ1v) is 6.98. The van der Waals surface area contributed by atoms with Gasteiger partial charge < -0.3 is 5.73 Å². The zero-order valence-corrected chi connectivity index (χ0v) is 11.8. The minimum Gasteiger partial charge on any atom is -0.327 e. The first-order valence-electron chi connectivity index (χ1n) is 5.37. The molecule has 1 unspecified atom stereocenters.